The van der Waals surface area contributed by atoms with Crippen molar-refractivity contribution in [1.82, 2.24) is 5.32 Å². The zero-order valence-electron chi connectivity index (χ0n) is 11.4. The molecule has 104 valence electrons. The van der Waals surface area contributed by atoms with E-state index >= 15 is 0 Å². The maximum absolute atomic E-state index is 12.1. The molecule has 1 aliphatic rings. The van der Waals surface area contributed by atoms with Crippen LogP contribution in [0.25, 0.3) is 0 Å². The molecule has 1 aromatic carbocycles. The molecule has 0 spiro atoms. The number of amides is 1. The number of hydrogen-bond donors (Lipinski definition) is 2. The minimum Gasteiger partial charge on any atom is -0.399 e. The Labute approximate surface area is 119 Å². The maximum Gasteiger partial charge on any atom is 0.227 e. The van der Waals surface area contributed by atoms with Crippen LogP contribution in [-0.2, 0) is 4.79 Å². The SMILES string of the molecule is CC(C(=O)NCC1CCCCS1)c1cccc(N)c1. The Morgan fingerprint density at radius 3 is 3.05 bits per heavy atom. The van der Waals surface area contributed by atoms with Crippen molar-refractivity contribution < 1.29 is 4.79 Å². The molecule has 1 fully saturated rings. The van der Waals surface area contributed by atoms with Crippen molar-refractivity contribution in [1.29, 1.82) is 0 Å². The second kappa shape index (κ2) is 6.85. The number of carbonyl (C=O) groups is 1. The lowest BCUT2D eigenvalue weighted by Gasteiger charge is -2.22. The lowest BCUT2D eigenvalue weighted by atomic mass is 10.00. The quantitative estimate of drug-likeness (QED) is 0.833. The van der Waals surface area contributed by atoms with E-state index in [1.54, 1.807) is 0 Å². The monoisotopic (exact) mass is 278 g/mol. The number of rotatable bonds is 4. The van der Waals surface area contributed by atoms with Crippen LogP contribution in [0.3, 0.4) is 0 Å². The summed E-state index contributed by atoms with van der Waals surface area (Å²) in [5.74, 6) is 1.18. The maximum atomic E-state index is 12.1. The standard InChI is InChI=1S/C15H22N2OS/c1-11(12-5-4-6-13(16)9-12)15(18)17-10-14-7-2-3-8-19-14/h4-6,9,11,14H,2-3,7-8,10,16H2,1H3,(H,17,18). The number of nitrogen functional groups attached to an aromatic ring is 1. The molecule has 1 amide bonds. The summed E-state index contributed by atoms with van der Waals surface area (Å²) < 4.78 is 0. The molecule has 19 heavy (non-hydrogen) atoms. The fraction of sp³-hybridized carbons (Fsp3) is 0.533. The second-order valence-electron chi connectivity index (χ2n) is 5.13. The first-order chi connectivity index (χ1) is 9.16. The zero-order chi connectivity index (χ0) is 13.7. The van der Waals surface area contributed by atoms with Crippen molar-refractivity contribution in [2.75, 3.05) is 18.0 Å². The molecule has 2 atom stereocenters. The predicted molar refractivity (Wildman–Crippen MR) is 82.4 cm³/mol. The number of anilines is 1. The van der Waals surface area contributed by atoms with Gasteiger partial charge in [0.05, 0.1) is 5.92 Å². The number of nitrogens with two attached hydrogens (primary N) is 1. The van der Waals surface area contributed by atoms with Crippen LogP contribution in [0.2, 0.25) is 0 Å². The molecule has 4 heteroatoms. The van der Waals surface area contributed by atoms with E-state index < -0.39 is 0 Å². The smallest absolute Gasteiger partial charge is 0.227 e. The average molecular weight is 278 g/mol. The molecule has 2 rings (SSSR count). The predicted octanol–water partition coefficient (Wildman–Crippen LogP) is 2.77. The zero-order valence-corrected chi connectivity index (χ0v) is 12.2. The van der Waals surface area contributed by atoms with Crippen molar-refractivity contribution in [3.8, 4) is 0 Å². The second-order valence-corrected chi connectivity index (χ2v) is 6.53. The van der Waals surface area contributed by atoms with E-state index in [-0.39, 0.29) is 11.8 Å². The number of hydrogen-bond acceptors (Lipinski definition) is 3. The highest BCUT2D eigenvalue weighted by Gasteiger charge is 2.18. The van der Waals surface area contributed by atoms with E-state index in [4.69, 9.17) is 5.73 Å². The highest BCUT2D eigenvalue weighted by molar-refractivity contribution is 7.99. The summed E-state index contributed by atoms with van der Waals surface area (Å²) in [6.45, 7) is 2.72. The molecule has 1 saturated heterocycles. The molecule has 3 N–H and O–H groups in total. The van der Waals surface area contributed by atoms with Gasteiger partial charge in [0, 0.05) is 17.5 Å². The molecule has 1 aromatic rings. The molecule has 1 heterocycles. The molecular weight excluding hydrogens is 256 g/mol. The van der Waals surface area contributed by atoms with E-state index in [9.17, 15) is 4.79 Å². The van der Waals surface area contributed by atoms with Crippen LogP contribution in [0.15, 0.2) is 24.3 Å². The number of carbonyl (C=O) groups excluding carboxylic acids is 1. The van der Waals surface area contributed by atoms with Gasteiger partial charge in [0.25, 0.3) is 0 Å². The lowest BCUT2D eigenvalue weighted by molar-refractivity contribution is -0.122. The summed E-state index contributed by atoms with van der Waals surface area (Å²) in [6.07, 6.45) is 3.82. The Morgan fingerprint density at radius 1 is 1.53 bits per heavy atom. The van der Waals surface area contributed by atoms with E-state index in [0.717, 1.165) is 12.1 Å². The number of thioether (sulfide) groups is 1. The summed E-state index contributed by atoms with van der Waals surface area (Å²) >= 11 is 1.98. The first kappa shape index (κ1) is 14.3. The van der Waals surface area contributed by atoms with Crippen molar-refractivity contribution >= 4 is 23.4 Å². The van der Waals surface area contributed by atoms with Crippen molar-refractivity contribution in [2.45, 2.75) is 37.4 Å². The van der Waals surface area contributed by atoms with E-state index in [1.165, 1.54) is 25.0 Å². The third-order valence-corrected chi connectivity index (χ3v) is 4.98. The van der Waals surface area contributed by atoms with Gasteiger partial charge in [0.2, 0.25) is 5.91 Å². The first-order valence-electron chi connectivity index (χ1n) is 6.91. The lowest BCUT2D eigenvalue weighted by Crippen LogP contribution is -2.34. The molecule has 0 radical (unpaired) electrons. The van der Waals surface area contributed by atoms with Gasteiger partial charge in [0.1, 0.15) is 0 Å². The fourth-order valence-corrected chi connectivity index (χ4v) is 3.55. The van der Waals surface area contributed by atoms with Gasteiger partial charge in [-0.3, -0.25) is 4.79 Å². The van der Waals surface area contributed by atoms with Gasteiger partial charge in [-0.15, -0.1) is 0 Å². The van der Waals surface area contributed by atoms with E-state index in [2.05, 4.69) is 5.32 Å². The van der Waals surface area contributed by atoms with Crippen LogP contribution in [0, 0.1) is 0 Å². The van der Waals surface area contributed by atoms with Gasteiger partial charge in [0.15, 0.2) is 0 Å². The van der Waals surface area contributed by atoms with Gasteiger partial charge in [-0.1, -0.05) is 18.6 Å². The molecule has 3 nitrogen and oxygen atoms in total. The van der Waals surface area contributed by atoms with Crippen LogP contribution < -0.4 is 11.1 Å². The van der Waals surface area contributed by atoms with E-state index in [1.807, 2.05) is 43.0 Å². The van der Waals surface area contributed by atoms with Gasteiger partial charge in [-0.2, -0.15) is 11.8 Å². The molecular formula is C15H22N2OS. The Balaban J connectivity index is 1.85. The molecule has 2 unspecified atom stereocenters. The van der Waals surface area contributed by atoms with E-state index in [0.29, 0.717) is 10.9 Å². The normalized spacial score (nSPS) is 20.8. The van der Waals surface area contributed by atoms with Crippen molar-refractivity contribution in [2.24, 2.45) is 0 Å². The fourth-order valence-electron chi connectivity index (χ4n) is 2.32. The van der Waals surface area contributed by atoms with Crippen LogP contribution in [0.4, 0.5) is 5.69 Å². The van der Waals surface area contributed by atoms with Crippen LogP contribution >= 0.6 is 11.8 Å². The molecule has 0 bridgehead atoms. The minimum absolute atomic E-state index is 0.0942. The molecule has 1 aliphatic heterocycles. The average Bonchev–Trinajstić information content (AvgIpc) is 2.45. The van der Waals surface area contributed by atoms with Crippen LogP contribution in [-0.4, -0.2) is 23.5 Å². The summed E-state index contributed by atoms with van der Waals surface area (Å²) in [4.78, 5) is 12.1. The highest BCUT2D eigenvalue weighted by Crippen LogP contribution is 2.24. The van der Waals surface area contributed by atoms with Gasteiger partial charge in [-0.25, -0.2) is 0 Å². The third-order valence-electron chi connectivity index (χ3n) is 3.58. The topological polar surface area (TPSA) is 55.1 Å². The number of nitrogens with one attached hydrogen (secondary N) is 1. The van der Waals surface area contributed by atoms with Gasteiger partial charge < -0.3 is 11.1 Å². The summed E-state index contributed by atoms with van der Waals surface area (Å²) in [7, 11) is 0. The molecule has 0 aliphatic carbocycles. The Bertz CT molecular complexity index is 430. The Hall–Kier alpha value is -1.16. The first-order valence-corrected chi connectivity index (χ1v) is 7.96. The van der Waals surface area contributed by atoms with Crippen LogP contribution in [0.1, 0.15) is 37.7 Å². The van der Waals surface area contributed by atoms with Crippen LogP contribution in [0.5, 0.6) is 0 Å². The summed E-state index contributed by atoms with van der Waals surface area (Å²) in [5, 5.41) is 3.66. The number of benzene rings is 1. The van der Waals surface area contributed by atoms with Crippen molar-refractivity contribution in [3.05, 3.63) is 29.8 Å². The summed E-state index contributed by atoms with van der Waals surface area (Å²) in [5.41, 5.74) is 7.44. The summed E-state index contributed by atoms with van der Waals surface area (Å²) in [6, 6.07) is 7.56. The highest BCUT2D eigenvalue weighted by atomic mass is 32.2. The third kappa shape index (κ3) is 4.16. The molecule has 0 saturated carbocycles. The molecule has 0 aromatic heterocycles. The Morgan fingerprint density at radius 2 is 2.37 bits per heavy atom. The minimum atomic E-state index is -0.142. The van der Waals surface area contributed by atoms with Gasteiger partial charge >= 0.3 is 0 Å². The Kier molecular flexibility index (Phi) is 5.14. The largest absolute Gasteiger partial charge is 0.399 e. The van der Waals surface area contributed by atoms with Crippen molar-refractivity contribution in [3.63, 3.8) is 0 Å². The van der Waals surface area contributed by atoms with Gasteiger partial charge in [-0.05, 0) is 43.2 Å².